The van der Waals surface area contributed by atoms with Gasteiger partial charge in [0.1, 0.15) is 0 Å². The second kappa shape index (κ2) is 10.2. The minimum absolute atomic E-state index is 0. The molecule has 0 saturated carbocycles. The number of allylic oxidation sites excluding steroid dienone is 2. The molecule has 1 aliphatic rings. The molecule has 0 atom stereocenters. The van der Waals surface area contributed by atoms with Gasteiger partial charge in [0.2, 0.25) is 0 Å². The maximum atomic E-state index is 10.5. The molecule has 1 rings (SSSR count). The Kier molecular flexibility index (Phi) is 12.7. The molecule has 0 fully saturated rings. The highest BCUT2D eigenvalue weighted by molar-refractivity contribution is 5.48. The quantitative estimate of drug-likeness (QED) is 0.626. The average Bonchev–Trinajstić information content (AvgIpc) is 2.13. The Hall–Kier alpha value is -1.00. The van der Waals surface area contributed by atoms with Crippen LogP contribution in [0.3, 0.4) is 0 Å². The van der Waals surface area contributed by atoms with Crippen molar-refractivity contribution in [3.8, 4) is 0 Å². The molecule has 0 aromatic heterocycles. The lowest BCUT2D eigenvalue weighted by atomic mass is 9.97. The molecule has 106 valence electrons. The molecule has 0 N–H and O–H groups in total. The molecule has 1 aliphatic carbocycles. The average molecular weight is 247 g/mol. The van der Waals surface area contributed by atoms with E-state index in [1.54, 1.807) is 13.8 Å². The van der Waals surface area contributed by atoms with E-state index < -0.39 is 0 Å². The Morgan fingerprint density at radius 2 is 0.824 bits per heavy atom. The summed E-state index contributed by atoms with van der Waals surface area (Å²) in [6.45, 7) is 3.11. The second-order valence-electron chi connectivity index (χ2n) is 4.59. The highest BCUT2D eigenvalue weighted by atomic mass is 16.3. The first-order chi connectivity index (χ1) is 7.11. The fourth-order valence-corrected chi connectivity index (χ4v) is 0.706. The van der Waals surface area contributed by atoms with Gasteiger partial charge >= 0.3 is 0 Å². The Bertz CT molecular complexity index is 208. The number of hydrogen-bond donors (Lipinski definition) is 0. The minimum atomic E-state index is -0.0741. The van der Waals surface area contributed by atoms with E-state index >= 15 is 0 Å². The molecule has 17 heavy (non-hydrogen) atoms. The third-order valence-electron chi connectivity index (χ3n) is 1.36. The number of hydrogen-bond acceptors (Lipinski definition) is 4. The van der Waals surface area contributed by atoms with Crippen LogP contribution in [0.4, 0.5) is 0 Å². The Morgan fingerprint density at radius 3 is 0.882 bits per heavy atom. The largest absolute Gasteiger partial charge is 0.872 e. The molecule has 0 aromatic rings. The first kappa shape index (κ1) is 21.3. The van der Waals surface area contributed by atoms with Crippen LogP contribution in [0.1, 0.15) is 22.7 Å². The smallest absolute Gasteiger partial charge is 0 e. The van der Waals surface area contributed by atoms with E-state index in [0.29, 0.717) is 11.1 Å². The van der Waals surface area contributed by atoms with Crippen LogP contribution in [0.2, 0.25) is 0 Å². The van der Waals surface area contributed by atoms with Gasteiger partial charge in [-0.25, -0.2) is 0 Å². The summed E-state index contributed by atoms with van der Waals surface area (Å²) in [6.07, 6.45) is 0. The Labute approximate surface area is 108 Å². The summed E-state index contributed by atoms with van der Waals surface area (Å²) in [5.41, 5.74) is 0.755. The highest BCUT2D eigenvalue weighted by Crippen LogP contribution is 2.25. The summed E-state index contributed by atoms with van der Waals surface area (Å²) in [7, 11) is 12.0. The fourth-order valence-electron chi connectivity index (χ4n) is 0.706. The van der Waals surface area contributed by atoms with Crippen LogP contribution in [0.5, 0.6) is 0 Å². The first-order valence-electron chi connectivity index (χ1n) is 5.09. The fraction of sp³-hybridized carbons (Fsp3) is 0.692. The molecular weight excluding hydrogens is 216 g/mol. The van der Waals surface area contributed by atoms with Gasteiger partial charge in [0.25, 0.3) is 0 Å². The van der Waals surface area contributed by atoms with Crippen LogP contribution in [-0.4, -0.2) is 52.1 Å². The van der Waals surface area contributed by atoms with Gasteiger partial charge in [0, 0.05) is 1.43 Å². The predicted octanol–water partition coefficient (Wildman–Crippen LogP) is 0.506. The summed E-state index contributed by atoms with van der Waals surface area (Å²) >= 11 is 0. The summed E-state index contributed by atoms with van der Waals surface area (Å²) in [4.78, 5) is 4.00. The molecule has 4 nitrogen and oxygen atoms in total. The van der Waals surface area contributed by atoms with Crippen molar-refractivity contribution in [3.63, 3.8) is 0 Å². The monoisotopic (exact) mass is 247 g/mol. The lowest BCUT2D eigenvalue weighted by Crippen LogP contribution is -2.25. The standard InChI is InChI=1S/C6H8O2.2C3H9N.CH4.H2/c1-3-5(7)4(2)6(3)8;2*1-4(2)3;;/h7-8H,1-2H3;2*1-3H3;1H4;1H/p-2/i;;;;1+1. The van der Waals surface area contributed by atoms with Crippen molar-refractivity contribution < 1.29 is 11.6 Å². The third kappa shape index (κ3) is 11.3. The van der Waals surface area contributed by atoms with Gasteiger partial charge in [-0.1, -0.05) is 18.6 Å². The molecule has 4 heteroatoms. The third-order valence-corrected chi connectivity index (χ3v) is 1.36. The molecular formula is C13H30N2O2-2. The normalized spacial score (nSPS) is 13.3. The lowest BCUT2D eigenvalue weighted by molar-refractivity contribution is -0.331. The van der Waals surface area contributed by atoms with E-state index in [1.165, 1.54) is 0 Å². The topological polar surface area (TPSA) is 52.6 Å². The highest BCUT2D eigenvalue weighted by Gasteiger charge is 2.04. The van der Waals surface area contributed by atoms with Crippen molar-refractivity contribution in [2.45, 2.75) is 21.3 Å². The van der Waals surface area contributed by atoms with E-state index in [-0.39, 0.29) is 20.4 Å². The van der Waals surface area contributed by atoms with Crippen LogP contribution in [0, 0.1) is 0 Å². The molecule has 0 unspecified atom stereocenters. The number of rotatable bonds is 0. The first-order valence-corrected chi connectivity index (χ1v) is 5.09. The van der Waals surface area contributed by atoms with Crippen LogP contribution in [0.25, 0.3) is 0 Å². The lowest BCUT2D eigenvalue weighted by Gasteiger charge is -2.35. The summed E-state index contributed by atoms with van der Waals surface area (Å²) < 4.78 is 0. The van der Waals surface area contributed by atoms with Gasteiger partial charge in [-0.3, -0.25) is 0 Å². The van der Waals surface area contributed by atoms with Crippen LogP contribution < -0.4 is 10.2 Å². The van der Waals surface area contributed by atoms with E-state index in [4.69, 9.17) is 0 Å². The van der Waals surface area contributed by atoms with E-state index in [2.05, 4.69) is 0 Å². The molecule has 0 amide bonds. The van der Waals surface area contributed by atoms with Gasteiger partial charge < -0.3 is 20.0 Å². The summed E-state index contributed by atoms with van der Waals surface area (Å²) in [5.74, 6) is -0.148. The zero-order chi connectivity index (χ0) is 13.5. The molecule has 0 heterocycles. The molecule has 0 spiro atoms. The summed E-state index contributed by atoms with van der Waals surface area (Å²) in [5, 5.41) is 21.0. The van der Waals surface area contributed by atoms with E-state index in [9.17, 15) is 10.2 Å². The van der Waals surface area contributed by atoms with E-state index in [1.807, 2.05) is 52.1 Å². The van der Waals surface area contributed by atoms with Gasteiger partial charge in [-0.2, -0.15) is 0 Å². The van der Waals surface area contributed by atoms with Gasteiger partial charge in [0.15, 0.2) is 0 Å². The Balaban J connectivity index is -0.0000000860. The van der Waals surface area contributed by atoms with Crippen molar-refractivity contribution >= 4 is 0 Å². The van der Waals surface area contributed by atoms with Crippen molar-refractivity contribution in [2.24, 2.45) is 0 Å². The molecule has 0 bridgehead atoms. The predicted molar refractivity (Wildman–Crippen MR) is 73.5 cm³/mol. The van der Waals surface area contributed by atoms with Gasteiger partial charge in [-0.05, 0) is 56.1 Å². The van der Waals surface area contributed by atoms with Gasteiger partial charge in [0.05, 0.1) is 0 Å². The Morgan fingerprint density at radius 1 is 0.706 bits per heavy atom. The molecule has 0 radical (unpaired) electrons. The molecule has 0 aliphatic heterocycles. The van der Waals surface area contributed by atoms with E-state index in [0.717, 1.165) is 0 Å². The van der Waals surface area contributed by atoms with Crippen LogP contribution in [-0.2, 0) is 0 Å². The van der Waals surface area contributed by atoms with Crippen molar-refractivity contribution in [3.05, 3.63) is 22.7 Å². The number of nitrogens with zero attached hydrogens (tertiary/aromatic N) is 2. The SMILES string of the molecule is C.CC1=C([O-])C(C)=C1[O-].CN(C)C.CN(C)C.[2HH]. The van der Waals surface area contributed by atoms with Crippen molar-refractivity contribution in [1.29, 1.82) is 0 Å². The zero-order valence-electron chi connectivity index (χ0n) is 11.7. The van der Waals surface area contributed by atoms with Gasteiger partial charge in [-0.15, -0.1) is 11.5 Å². The van der Waals surface area contributed by atoms with Crippen molar-refractivity contribution in [1.82, 2.24) is 9.80 Å². The van der Waals surface area contributed by atoms with Crippen molar-refractivity contribution in [2.75, 3.05) is 42.3 Å². The maximum absolute atomic E-state index is 10.5. The van der Waals surface area contributed by atoms with Crippen LogP contribution >= 0.6 is 0 Å². The minimum Gasteiger partial charge on any atom is -0.872 e. The maximum Gasteiger partial charge on any atom is 0 e. The molecule has 0 saturated heterocycles. The van der Waals surface area contributed by atoms with Crippen LogP contribution in [0.15, 0.2) is 22.7 Å². The molecule has 0 aromatic carbocycles. The zero-order valence-corrected chi connectivity index (χ0v) is 11.7. The summed E-state index contributed by atoms with van der Waals surface area (Å²) in [6, 6.07) is 0. The second-order valence-corrected chi connectivity index (χ2v) is 4.59.